The van der Waals surface area contributed by atoms with Crippen molar-refractivity contribution >= 4 is 0 Å². The van der Waals surface area contributed by atoms with Crippen molar-refractivity contribution in [2.45, 2.75) is 19.8 Å². The average molecular weight is 197 g/mol. The van der Waals surface area contributed by atoms with Crippen LogP contribution in [0, 0.1) is 5.92 Å². The largest absolute Gasteiger partial charge is 0.502 e. The fraction of sp³-hybridized carbons (Fsp3) is 0.500. The summed E-state index contributed by atoms with van der Waals surface area (Å²) >= 11 is 0. The van der Waals surface area contributed by atoms with Crippen molar-refractivity contribution in [3.8, 4) is 5.75 Å². The van der Waals surface area contributed by atoms with Crippen molar-refractivity contribution in [3.05, 3.63) is 28.3 Å². The third-order valence-electron chi connectivity index (χ3n) is 2.28. The minimum atomic E-state index is -0.426. The molecule has 0 fully saturated rings. The molecule has 0 amide bonds. The molecule has 3 N–H and O–H groups in total. The molecule has 0 saturated heterocycles. The summed E-state index contributed by atoms with van der Waals surface area (Å²) in [5.41, 5.74) is 5.13. The zero-order valence-electron chi connectivity index (χ0n) is 8.36. The Balaban J connectivity index is 3.17. The minimum Gasteiger partial charge on any atom is -0.502 e. The summed E-state index contributed by atoms with van der Waals surface area (Å²) in [6, 6.07) is 1.19. The lowest BCUT2D eigenvalue weighted by atomic mass is 9.92. The van der Waals surface area contributed by atoms with E-state index >= 15 is 0 Å². The molecule has 78 valence electrons. The quantitative estimate of drug-likeness (QED) is 0.759. The Labute approximate surface area is 82.4 Å². The first kappa shape index (κ1) is 10.8. The molecule has 1 unspecified atom stereocenters. The molecule has 0 radical (unpaired) electrons. The Morgan fingerprint density at radius 2 is 2.21 bits per heavy atom. The highest BCUT2D eigenvalue weighted by Crippen LogP contribution is 2.27. The van der Waals surface area contributed by atoms with Crippen LogP contribution < -0.4 is 11.2 Å². The number of hydrogen-bond acceptors (Lipinski definition) is 4. The van der Waals surface area contributed by atoms with Gasteiger partial charge >= 0.3 is 0 Å². The van der Waals surface area contributed by atoms with Gasteiger partial charge in [-0.05, 0) is 5.92 Å². The van der Waals surface area contributed by atoms with Gasteiger partial charge in [0.05, 0.1) is 6.26 Å². The minimum absolute atomic E-state index is 0.121. The van der Waals surface area contributed by atoms with Gasteiger partial charge in [-0.25, -0.2) is 0 Å². The van der Waals surface area contributed by atoms with E-state index in [0.717, 1.165) is 0 Å². The summed E-state index contributed by atoms with van der Waals surface area (Å²) in [7, 11) is 0. The van der Waals surface area contributed by atoms with E-state index in [1.165, 1.54) is 12.3 Å². The predicted molar refractivity (Wildman–Crippen MR) is 53.3 cm³/mol. The number of aromatic hydroxyl groups is 1. The summed E-state index contributed by atoms with van der Waals surface area (Å²) in [4.78, 5) is 11.1. The van der Waals surface area contributed by atoms with Crippen LogP contribution in [0.5, 0.6) is 5.75 Å². The van der Waals surface area contributed by atoms with Crippen LogP contribution in [0.4, 0.5) is 0 Å². The topological polar surface area (TPSA) is 76.5 Å². The summed E-state index contributed by atoms with van der Waals surface area (Å²) in [5.74, 6) is 0.0620. The normalized spacial score (nSPS) is 13.1. The van der Waals surface area contributed by atoms with Crippen LogP contribution in [0.3, 0.4) is 0 Å². The van der Waals surface area contributed by atoms with Gasteiger partial charge < -0.3 is 15.3 Å². The number of hydrogen-bond donors (Lipinski definition) is 2. The van der Waals surface area contributed by atoms with Crippen LogP contribution in [-0.4, -0.2) is 11.7 Å². The van der Waals surface area contributed by atoms with Gasteiger partial charge in [0.15, 0.2) is 5.76 Å². The highest BCUT2D eigenvalue weighted by atomic mass is 16.4. The van der Waals surface area contributed by atoms with Crippen molar-refractivity contribution < 1.29 is 9.52 Å². The number of nitrogens with two attached hydrogens (primary N) is 1. The number of rotatable bonds is 3. The highest BCUT2D eigenvalue weighted by Gasteiger charge is 2.21. The Hall–Kier alpha value is -1.29. The highest BCUT2D eigenvalue weighted by molar-refractivity contribution is 5.26. The van der Waals surface area contributed by atoms with E-state index < -0.39 is 5.43 Å². The van der Waals surface area contributed by atoms with Crippen LogP contribution in [-0.2, 0) is 0 Å². The molecule has 1 aromatic rings. The lowest BCUT2D eigenvalue weighted by Crippen LogP contribution is -2.19. The van der Waals surface area contributed by atoms with Gasteiger partial charge in [0.1, 0.15) is 0 Å². The first-order valence-electron chi connectivity index (χ1n) is 4.58. The van der Waals surface area contributed by atoms with E-state index in [1.807, 2.05) is 13.8 Å². The average Bonchev–Trinajstić information content (AvgIpc) is 2.13. The van der Waals surface area contributed by atoms with Crippen molar-refractivity contribution in [3.63, 3.8) is 0 Å². The Kier molecular flexibility index (Phi) is 3.30. The molecule has 0 saturated carbocycles. The van der Waals surface area contributed by atoms with Crippen molar-refractivity contribution in [1.29, 1.82) is 0 Å². The lowest BCUT2D eigenvalue weighted by molar-refractivity contribution is 0.345. The van der Waals surface area contributed by atoms with Gasteiger partial charge in [0, 0.05) is 18.5 Å². The maximum absolute atomic E-state index is 11.1. The molecule has 1 heterocycles. The smallest absolute Gasteiger partial charge is 0.226 e. The van der Waals surface area contributed by atoms with Gasteiger partial charge in [-0.3, -0.25) is 4.79 Å². The van der Waals surface area contributed by atoms with Crippen LogP contribution in [0.25, 0.3) is 0 Å². The van der Waals surface area contributed by atoms with Gasteiger partial charge in [-0.15, -0.1) is 0 Å². The summed E-state index contributed by atoms with van der Waals surface area (Å²) in [6.07, 6.45) is 1.28. The molecule has 14 heavy (non-hydrogen) atoms. The zero-order valence-corrected chi connectivity index (χ0v) is 8.36. The van der Waals surface area contributed by atoms with Gasteiger partial charge in [0.2, 0.25) is 11.2 Å². The molecule has 0 aliphatic heterocycles. The maximum Gasteiger partial charge on any atom is 0.226 e. The molecule has 0 spiro atoms. The summed E-state index contributed by atoms with van der Waals surface area (Å²) in [5, 5.41) is 9.49. The van der Waals surface area contributed by atoms with E-state index in [4.69, 9.17) is 10.2 Å². The van der Waals surface area contributed by atoms with Crippen molar-refractivity contribution in [1.82, 2.24) is 0 Å². The summed E-state index contributed by atoms with van der Waals surface area (Å²) in [6.45, 7) is 4.27. The molecule has 0 aliphatic carbocycles. The van der Waals surface area contributed by atoms with Crippen molar-refractivity contribution in [2.24, 2.45) is 11.7 Å². The zero-order chi connectivity index (χ0) is 10.7. The molecule has 0 aromatic carbocycles. The standard InChI is InChI=1S/C10H15NO3/c1-6(2)7(5-11)10-9(13)8(12)3-4-14-10/h3-4,6-7,13H,5,11H2,1-2H3. The fourth-order valence-corrected chi connectivity index (χ4v) is 1.37. The molecule has 1 rings (SSSR count). The third-order valence-corrected chi connectivity index (χ3v) is 2.28. The Morgan fingerprint density at radius 3 is 2.71 bits per heavy atom. The van der Waals surface area contributed by atoms with E-state index in [9.17, 15) is 9.90 Å². The van der Waals surface area contributed by atoms with Crippen LogP contribution >= 0.6 is 0 Å². The fourth-order valence-electron chi connectivity index (χ4n) is 1.37. The molecule has 0 aliphatic rings. The molecule has 1 aromatic heterocycles. The van der Waals surface area contributed by atoms with Crippen LogP contribution in [0.15, 0.2) is 21.5 Å². The molecule has 1 atom stereocenters. The Morgan fingerprint density at radius 1 is 1.57 bits per heavy atom. The first-order valence-corrected chi connectivity index (χ1v) is 4.58. The first-order chi connectivity index (χ1) is 6.57. The third kappa shape index (κ3) is 1.96. The lowest BCUT2D eigenvalue weighted by Gasteiger charge is -2.17. The van der Waals surface area contributed by atoms with E-state index in [-0.39, 0.29) is 23.3 Å². The van der Waals surface area contributed by atoms with E-state index in [0.29, 0.717) is 6.54 Å². The predicted octanol–water partition coefficient (Wildman–Crippen LogP) is 1.04. The SMILES string of the molecule is CC(C)C(CN)c1occc(=O)c1O. The second-order valence-corrected chi connectivity index (χ2v) is 3.58. The van der Waals surface area contributed by atoms with Crippen LogP contribution in [0.2, 0.25) is 0 Å². The van der Waals surface area contributed by atoms with Gasteiger partial charge in [0.25, 0.3) is 0 Å². The van der Waals surface area contributed by atoms with Gasteiger partial charge in [-0.2, -0.15) is 0 Å². The molecule has 0 bridgehead atoms. The molecule has 4 nitrogen and oxygen atoms in total. The summed E-state index contributed by atoms with van der Waals surface area (Å²) < 4.78 is 5.12. The van der Waals surface area contributed by atoms with E-state index in [1.54, 1.807) is 0 Å². The maximum atomic E-state index is 11.1. The van der Waals surface area contributed by atoms with Crippen molar-refractivity contribution in [2.75, 3.05) is 6.54 Å². The molecule has 4 heteroatoms. The van der Waals surface area contributed by atoms with E-state index in [2.05, 4.69) is 0 Å². The Bertz CT molecular complexity index is 357. The monoisotopic (exact) mass is 197 g/mol. The molecular weight excluding hydrogens is 182 g/mol. The second-order valence-electron chi connectivity index (χ2n) is 3.58. The van der Waals surface area contributed by atoms with Crippen LogP contribution in [0.1, 0.15) is 25.5 Å². The van der Waals surface area contributed by atoms with Gasteiger partial charge in [-0.1, -0.05) is 13.8 Å². The molecular formula is C10H15NO3. The second kappa shape index (κ2) is 4.28.